The minimum atomic E-state index is 0.867. The molecular weight excluding hydrogens is 238 g/mol. The summed E-state index contributed by atoms with van der Waals surface area (Å²) in [6.45, 7) is 6.17. The second-order valence-electron chi connectivity index (χ2n) is 4.95. The second-order valence-corrected chi connectivity index (χ2v) is 4.95. The van der Waals surface area contributed by atoms with Crippen LogP contribution in [0.25, 0.3) is 0 Å². The van der Waals surface area contributed by atoms with Crippen LogP contribution < -0.4 is 0 Å². The van der Waals surface area contributed by atoms with Gasteiger partial charge in [0.1, 0.15) is 12.2 Å². The highest BCUT2D eigenvalue weighted by Gasteiger charge is 2.06. The van der Waals surface area contributed by atoms with Crippen LogP contribution >= 0.6 is 0 Å². The topological polar surface area (TPSA) is 38.9 Å². The molecule has 0 atom stereocenters. The average Bonchev–Trinajstić information content (AvgIpc) is 3.02. The molecule has 0 spiro atoms. The van der Waals surface area contributed by atoms with Gasteiger partial charge in [0.2, 0.25) is 0 Å². The van der Waals surface area contributed by atoms with E-state index in [1.165, 1.54) is 0 Å². The van der Waals surface area contributed by atoms with E-state index in [9.17, 15) is 0 Å². The molecule has 2 rings (SSSR count). The Kier molecular flexibility index (Phi) is 5.15. The highest BCUT2D eigenvalue weighted by atomic mass is 15.3. The molecule has 0 amide bonds. The van der Waals surface area contributed by atoms with Gasteiger partial charge >= 0.3 is 0 Å². The first-order valence-electron chi connectivity index (χ1n) is 6.95. The Bertz CT molecular complexity index is 460. The lowest BCUT2D eigenvalue weighted by atomic mass is 10.3. The van der Waals surface area contributed by atoms with Crippen molar-refractivity contribution in [3.05, 3.63) is 36.7 Å². The monoisotopic (exact) mass is 261 g/mol. The summed E-state index contributed by atoms with van der Waals surface area (Å²) < 4.78 is 4.36. The molecule has 0 saturated carbocycles. The van der Waals surface area contributed by atoms with E-state index in [1.807, 2.05) is 6.33 Å². The van der Waals surface area contributed by atoms with Gasteiger partial charge in [-0.25, -0.2) is 0 Å². The molecule has 0 fully saturated rings. The van der Waals surface area contributed by atoms with E-state index in [1.54, 1.807) is 0 Å². The SMILES string of the molecule is CCCn1cnnc1CN(C)CCCn1cccc1. The van der Waals surface area contributed by atoms with Gasteiger partial charge in [-0.15, -0.1) is 10.2 Å². The van der Waals surface area contributed by atoms with E-state index in [4.69, 9.17) is 0 Å². The summed E-state index contributed by atoms with van der Waals surface area (Å²) >= 11 is 0. The predicted molar refractivity (Wildman–Crippen MR) is 75.7 cm³/mol. The Morgan fingerprint density at radius 1 is 1.21 bits per heavy atom. The van der Waals surface area contributed by atoms with Crippen molar-refractivity contribution in [3.63, 3.8) is 0 Å². The van der Waals surface area contributed by atoms with Crippen LogP contribution in [-0.4, -0.2) is 37.8 Å². The van der Waals surface area contributed by atoms with Crippen molar-refractivity contribution in [1.82, 2.24) is 24.2 Å². The van der Waals surface area contributed by atoms with Crippen molar-refractivity contribution in [2.45, 2.75) is 39.4 Å². The summed E-state index contributed by atoms with van der Waals surface area (Å²) in [7, 11) is 2.14. The zero-order chi connectivity index (χ0) is 13.5. The Morgan fingerprint density at radius 2 is 2.00 bits per heavy atom. The van der Waals surface area contributed by atoms with Crippen LogP contribution in [0.15, 0.2) is 30.9 Å². The molecule has 0 aliphatic rings. The predicted octanol–water partition coefficient (Wildman–Crippen LogP) is 2.01. The minimum absolute atomic E-state index is 0.867. The van der Waals surface area contributed by atoms with Crippen LogP contribution in [0, 0.1) is 0 Å². The van der Waals surface area contributed by atoms with Crippen LogP contribution in [-0.2, 0) is 19.6 Å². The van der Waals surface area contributed by atoms with Gasteiger partial charge in [0.05, 0.1) is 6.54 Å². The summed E-state index contributed by atoms with van der Waals surface area (Å²) in [5.41, 5.74) is 0. The molecule has 5 heteroatoms. The van der Waals surface area contributed by atoms with E-state index in [-0.39, 0.29) is 0 Å². The molecule has 0 aliphatic heterocycles. The van der Waals surface area contributed by atoms with Crippen LogP contribution in [0.4, 0.5) is 0 Å². The quantitative estimate of drug-likeness (QED) is 0.729. The van der Waals surface area contributed by atoms with Gasteiger partial charge in [0.15, 0.2) is 0 Å². The molecule has 2 heterocycles. The number of aryl methyl sites for hydroxylation is 2. The summed E-state index contributed by atoms with van der Waals surface area (Å²) in [4.78, 5) is 2.31. The fourth-order valence-electron chi connectivity index (χ4n) is 2.19. The first kappa shape index (κ1) is 13.8. The summed E-state index contributed by atoms with van der Waals surface area (Å²) in [6.07, 6.45) is 8.30. The maximum Gasteiger partial charge on any atom is 0.146 e. The van der Waals surface area contributed by atoms with Crippen molar-refractivity contribution >= 4 is 0 Å². The molecule has 19 heavy (non-hydrogen) atoms. The number of rotatable bonds is 8. The van der Waals surface area contributed by atoms with Crippen molar-refractivity contribution in [1.29, 1.82) is 0 Å². The maximum atomic E-state index is 4.20. The van der Waals surface area contributed by atoms with Crippen LogP contribution in [0.2, 0.25) is 0 Å². The van der Waals surface area contributed by atoms with Crippen LogP contribution in [0.5, 0.6) is 0 Å². The minimum Gasteiger partial charge on any atom is -0.354 e. The van der Waals surface area contributed by atoms with Gasteiger partial charge in [-0.1, -0.05) is 6.92 Å². The van der Waals surface area contributed by atoms with E-state index in [2.05, 4.69) is 62.7 Å². The normalized spacial score (nSPS) is 11.3. The largest absolute Gasteiger partial charge is 0.354 e. The molecule has 2 aromatic rings. The van der Waals surface area contributed by atoms with Crippen LogP contribution in [0.1, 0.15) is 25.6 Å². The second kappa shape index (κ2) is 7.09. The number of hydrogen-bond acceptors (Lipinski definition) is 3. The van der Waals surface area contributed by atoms with Crippen molar-refractivity contribution in [2.75, 3.05) is 13.6 Å². The van der Waals surface area contributed by atoms with E-state index < -0.39 is 0 Å². The lowest BCUT2D eigenvalue weighted by molar-refractivity contribution is 0.301. The van der Waals surface area contributed by atoms with Gasteiger partial charge in [-0.3, -0.25) is 4.90 Å². The molecule has 0 unspecified atom stereocenters. The van der Waals surface area contributed by atoms with Gasteiger partial charge in [-0.2, -0.15) is 0 Å². The summed E-state index contributed by atoms with van der Waals surface area (Å²) in [5.74, 6) is 1.06. The van der Waals surface area contributed by atoms with E-state index in [0.29, 0.717) is 0 Å². The zero-order valence-corrected chi connectivity index (χ0v) is 11.9. The number of aromatic nitrogens is 4. The summed E-state index contributed by atoms with van der Waals surface area (Å²) in [5, 5.41) is 8.20. The molecule has 0 saturated heterocycles. The zero-order valence-electron chi connectivity index (χ0n) is 11.9. The summed E-state index contributed by atoms with van der Waals surface area (Å²) in [6, 6.07) is 4.13. The highest BCUT2D eigenvalue weighted by Crippen LogP contribution is 2.02. The fraction of sp³-hybridized carbons (Fsp3) is 0.571. The van der Waals surface area contributed by atoms with Gasteiger partial charge in [-0.05, 0) is 32.0 Å². The van der Waals surface area contributed by atoms with Crippen molar-refractivity contribution < 1.29 is 0 Å². The molecule has 0 aromatic carbocycles. The molecule has 0 bridgehead atoms. The lowest BCUT2D eigenvalue weighted by Crippen LogP contribution is -2.22. The third-order valence-electron chi connectivity index (χ3n) is 3.19. The van der Waals surface area contributed by atoms with E-state index in [0.717, 1.165) is 44.8 Å². The first-order valence-corrected chi connectivity index (χ1v) is 6.95. The number of nitrogens with zero attached hydrogens (tertiary/aromatic N) is 5. The van der Waals surface area contributed by atoms with E-state index >= 15 is 0 Å². The van der Waals surface area contributed by atoms with Crippen LogP contribution in [0.3, 0.4) is 0 Å². The number of hydrogen-bond donors (Lipinski definition) is 0. The molecular formula is C14H23N5. The molecule has 0 radical (unpaired) electrons. The Morgan fingerprint density at radius 3 is 2.74 bits per heavy atom. The maximum absolute atomic E-state index is 4.20. The molecule has 2 aromatic heterocycles. The Labute approximate surface area is 114 Å². The lowest BCUT2D eigenvalue weighted by Gasteiger charge is -2.16. The van der Waals surface area contributed by atoms with Crippen molar-refractivity contribution in [3.8, 4) is 0 Å². The van der Waals surface area contributed by atoms with Crippen molar-refractivity contribution in [2.24, 2.45) is 0 Å². The fourth-order valence-corrected chi connectivity index (χ4v) is 2.19. The standard InChI is InChI=1S/C14H23N5/c1-3-7-19-13-15-16-14(19)12-17(2)8-6-11-18-9-4-5-10-18/h4-5,9-10,13H,3,6-8,11-12H2,1-2H3. The van der Waals surface area contributed by atoms with Gasteiger partial charge < -0.3 is 9.13 Å². The molecule has 104 valence electrons. The Balaban J connectivity index is 1.74. The highest BCUT2D eigenvalue weighted by molar-refractivity contribution is 4.90. The third-order valence-corrected chi connectivity index (χ3v) is 3.19. The Hall–Kier alpha value is -1.62. The molecule has 0 aliphatic carbocycles. The molecule has 0 N–H and O–H groups in total. The van der Waals surface area contributed by atoms with Gasteiger partial charge in [0, 0.05) is 32.0 Å². The average molecular weight is 261 g/mol. The van der Waals surface area contributed by atoms with Gasteiger partial charge in [0.25, 0.3) is 0 Å². The molecule has 5 nitrogen and oxygen atoms in total. The third kappa shape index (κ3) is 4.21. The first-order chi connectivity index (χ1) is 9.29. The smallest absolute Gasteiger partial charge is 0.146 e.